The van der Waals surface area contributed by atoms with E-state index in [9.17, 15) is 14.4 Å². The molecule has 2 heterocycles. The van der Waals surface area contributed by atoms with Gasteiger partial charge in [-0.1, -0.05) is 33.6 Å². The SMILES string of the molecule is Cc1ccc2c(=O)c(C(=O)c3ccc(Br)cc3)cn(CC(=O)Nc3cc(Cl)ccc3C)c2n1. The normalized spacial score (nSPS) is 10.9. The van der Waals surface area contributed by atoms with E-state index < -0.39 is 11.2 Å². The lowest BCUT2D eigenvalue weighted by Gasteiger charge is -2.14. The summed E-state index contributed by atoms with van der Waals surface area (Å²) in [5.74, 6) is -0.759. The standard InChI is InChI=1S/C25H19BrClN3O3/c1-14-3-9-18(27)11-21(14)29-22(31)13-30-12-20(23(32)16-5-7-17(26)8-6-16)24(33)19-10-4-15(2)28-25(19)30/h3-12H,13H2,1-2H3,(H,29,31). The predicted molar refractivity (Wildman–Crippen MR) is 133 cm³/mol. The third-order valence-corrected chi connectivity index (χ3v) is 5.96. The molecule has 1 amide bonds. The number of hydrogen-bond acceptors (Lipinski definition) is 4. The van der Waals surface area contributed by atoms with Crippen LogP contribution in [0, 0.1) is 13.8 Å². The van der Waals surface area contributed by atoms with Crippen LogP contribution in [0.1, 0.15) is 27.2 Å². The van der Waals surface area contributed by atoms with E-state index in [1.165, 1.54) is 10.8 Å². The molecule has 4 aromatic rings. The molecule has 8 heteroatoms. The first kappa shape index (κ1) is 22.9. The monoisotopic (exact) mass is 523 g/mol. The summed E-state index contributed by atoms with van der Waals surface area (Å²) < 4.78 is 2.35. The Morgan fingerprint density at radius 2 is 1.79 bits per heavy atom. The van der Waals surface area contributed by atoms with Gasteiger partial charge >= 0.3 is 0 Å². The zero-order chi connectivity index (χ0) is 23.7. The van der Waals surface area contributed by atoms with E-state index >= 15 is 0 Å². The van der Waals surface area contributed by atoms with Crippen LogP contribution < -0.4 is 10.7 Å². The number of nitrogens with one attached hydrogen (secondary N) is 1. The van der Waals surface area contributed by atoms with Crippen LogP contribution in [0.3, 0.4) is 0 Å². The van der Waals surface area contributed by atoms with E-state index in [1.54, 1.807) is 55.5 Å². The van der Waals surface area contributed by atoms with Crippen LogP contribution in [-0.2, 0) is 11.3 Å². The first-order chi connectivity index (χ1) is 15.7. The minimum absolute atomic E-state index is 0.0257. The second-order valence-electron chi connectivity index (χ2n) is 7.67. The number of fused-ring (bicyclic) bond motifs is 1. The number of rotatable bonds is 5. The van der Waals surface area contributed by atoms with E-state index in [0.29, 0.717) is 27.6 Å². The molecule has 0 saturated carbocycles. The van der Waals surface area contributed by atoms with Crippen molar-refractivity contribution in [3.8, 4) is 0 Å². The molecule has 0 aliphatic rings. The smallest absolute Gasteiger partial charge is 0.244 e. The summed E-state index contributed by atoms with van der Waals surface area (Å²) in [5.41, 5.74) is 2.40. The van der Waals surface area contributed by atoms with Gasteiger partial charge in [0, 0.05) is 32.6 Å². The van der Waals surface area contributed by atoms with Crippen LogP contribution in [0.2, 0.25) is 5.02 Å². The maximum atomic E-state index is 13.1. The van der Waals surface area contributed by atoms with Gasteiger partial charge in [0.15, 0.2) is 5.78 Å². The molecule has 166 valence electrons. The molecule has 0 spiro atoms. The van der Waals surface area contributed by atoms with E-state index in [4.69, 9.17) is 11.6 Å². The molecule has 2 aromatic carbocycles. The van der Waals surface area contributed by atoms with Crippen LogP contribution in [0.25, 0.3) is 11.0 Å². The van der Waals surface area contributed by atoms with Gasteiger partial charge < -0.3 is 9.88 Å². The van der Waals surface area contributed by atoms with Gasteiger partial charge in [-0.15, -0.1) is 0 Å². The predicted octanol–water partition coefficient (Wildman–Crippen LogP) is 5.30. The summed E-state index contributed by atoms with van der Waals surface area (Å²) in [7, 11) is 0. The van der Waals surface area contributed by atoms with E-state index in [0.717, 1.165) is 10.0 Å². The lowest BCUT2D eigenvalue weighted by Crippen LogP contribution is -2.25. The number of ketones is 1. The number of aromatic nitrogens is 2. The molecule has 1 N–H and O–H groups in total. The molecule has 0 fully saturated rings. The van der Waals surface area contributed by atoms with Crippen molar-refractivity contribution in [3.63, 3.8) is 0 Å². The number of hydrogen-bond donors (Lipinski definition) is 1. The third kappa shape index (κ3) is 4.89. The van der Waals surface area contributed by atoms with E-state index in [-0.39, 0.29) is 23.4 Å². The molecular formula is C25H19BrClN3O3. The number of amides is 1. The number of carbonyl (C=O) groups is 2. The Morgan fingerprint density at radius 3 is 2.52 bits per heavy atom. The number of halogens is 2. The molecule has 0 bridgehead atoms. The van der Waals surface area contributed by atoms with Gasteiger partial charge in [-0.3, -0.25) is 14.4 Å². The lowest BCUT2D eigenvalue weighted by molar-refractivity contribution is -0.116. The summed E-state index contributed by atoms with van der Waals surface area (Å²) in [6, 6.07) is 15.3. The molecule has 0 saturated heterocycles. The fourth-order valence-electron chi connectivity index (χ4n) is 3.47. The number of aryl methyl sites for hydroxylation is 2. The van der Waals surface area contributed by atoms with Crippen LogP contribution in [0.15, 0.2) is 70.1 Å². The van der Waals surface area contributed by atoms with Crippen molar-refractivity contribution < 1.29 is 9.59 Å². The van der Waals surface area contributed by atoms with Crippen molar-refractivity contribution in [2.45, 2.75) is 20.4 Å². The van der Waals surface area contributed by atoms with Crippen LogP contribution in [-0.4, -0.2) is 21.2 Å². The molecule has 6 nitrogen and oxygen atoms in total. The highest BCUT2D eigenvalue weighted by Crippen LogP contribution is 2.21. The molecule has 2 aromatic heterocycles. The lowest BCUT2D eigenvalue weighted by atomic mass is 10.0. The molecule has 0 aliphatic heterocycles. The van der Waals surface area contributed by atoms with Gasteiger partial charge in [0.05, 0.1) is 10.9 Å². The minimum Gasteiger partial charge on any atom is -0.324 e. The Bertz CT molecular complexity index is 1460. The van der Waals surface area contributed by atoms with Crippen molar-refractivity contribution in [1.82, 2.24) is 9.55 Å². The average Bonchev–Trinajstić information content (AvgIpc) is 2.78. The molecule has 4 rings (SSSR count). The summed E-state index contributed by atoms with van der Waals surface area (Å²) in [6.07, 6.45) is 1.41. The number of anilines is 1. The van der Waals surface area contributed by atoms with Crippen LogP contribution in [0.5, 0.6) is 0 Å². The topological polar surface area (TPSA) is 81.1 Å². The number of benzene rings is 2. The van der Waals surface area contributed by atoms with Crippen molar-refractivity contribution in [2.75, 3.05) is 5.32 Å². The van der Waals surface area contributed by atoms with Gasteiger partial charge in [-0.2, -0.15) is 0 Å². The Balaban J connectivity index is 1.77. The van der Waals surface area contributed by atoms with Gasteiger partial charge in [0.1, 0.15) is 12.2 Å². The van der Waals surface area contributed by atoms with Gasteiger partial charge in [0.2, 0.25) is 11.3 Å². The van der Waals surface area contributed by atoms with E-state index in [2.05, 4.69) is 26.2 Å². The zero-order valence-corrected chi connectivity index (χ0v) is 20.2. The number of pyridine rings is 2. The molecule has 0 aliphatic carbocycles. The highest BCUT2D eigenvalue weighted by atomic mass is 79.9. The molecule has 0 atom stereocenters. The summed E-state index contributed by atoms with van der Waals surface area (Å²) in [5, 5.41) is 3.62. The molecule has 0 unspecified atom stereocenters. The second kappa shape index (κ2) is 9.29. The molecule has 33 heavy (non-hydrogen) atoms. The highest BCUT2D eigenvalue weighted by Gasteiger charge is 2.19. The molecule has 0 radical (unpaired) electrons. The van der Waals surface area contributed by atoms with Crippen molar-refractivity contribution in [3.05, 3.63) is 103 Å². The molecular weight excluding hydrogens is 506 g/mol. The van der Waals surface area contributed by atoms with Crippen LogP contribution in [0.4, 0.5) is 5.69 Å². The van der Waals surface area contributed by atoms with Gasteiger partial charge in [0.25, 0.3) is 0 Å². The summed E-state index contributed by atoms with van der Waals surface area (Å²) in [4.78, 5) is 43.6. The van der Waals surface area contributed by atoms with Crippen molar-refractivity contribution in [1.29, 1.82) is 0 Å². The maximum Gasteiger partial charge on any atom is 0.244 e. The number of carbonyl (C=O) groups excluding carboxylic acids is 2. The average molecular weight is 525 g/mol. The largest absolute Gasteiger partial charge is 0.324 e. The van der Waals surface area contributed by atoms with E-state index in [1.807, 2.05) is 13.0 Å². The highest BCUT2D eigenvalue weighted by molar-refractivity contribution is 9.10. The Hall–Kier alpha value is -3.29. The first-order valence-corrected chi connectivity index (χ1v) is 11.3. The van der Waals surface area contributed by atoms with Crippen LogP contribution >= 0.6 is 27.5 Å². The quantitative estimate of drug-likeness (QED) is 0.359. The Morgan fingerprint density at radius 1 is 1.06 bits per heavy atom. The fourth-order valence-corrected chi connectivity index (χ4v) is 3.91. The summed E-state index contributed by atoms with van der Waals surface area (Å²) >= 11 is 9.40. The summed E-state index contributed by atoms with van der Waals surface area (Å²) in [6.45, 7) is 3.52. The Kier molecular flexibility index (Phi) is 6.44. The second-order valence-corrected chi connectivity index (χ2v) is 9.02. The van der Waals surface area contributed by atoms with Gasteiger partial charge in [-0.25, -0.2) is 4.98 Å². The van der Waals surface area contributed by atoms with Gasteiger partial charge in [-0.05, 0) is 67.9 Å². The number of nitrogens with zero attached hydrogens (tertiary/aromatic N) is 2. The zero-order valence-electron chi connectivity index (χ0n) is 17.9. The Labute approximate surface area is 203 Å². The minimum atomic E-state index is -0.423. The third-order valence-electron chi connectivity index (χ3n) is 5.20. The maximum absolute atomic E-state index is 13.1. The van der Waals surface area contributed by atoms with Crippen molar-refractivity contribution in [2.24, 2.45) is 0 Å². The van der Waals surface area contributed by atoms with Crippen molar-refractivity contribution >= 4 is 55.9 Å². The first-order valence-electron chi connectivity index (χ1n) is 10.1. The fraction of sp³-hybridized carbons (Fsp3) is 0.120.